The van der Waals surface area contributed by atoms with Crippen molar-refractivity contribution in [2.45, 2.75) is 20.3 Å². The number of allylic oxidation sites excluding steroid dienone is 3. The average molecular weight is 170 g/mol. The van der Waals surface area contributed by atoms with Gasteiger partial charge in [0.2, 0.25) is 0 Å². The highest BCUT2D eigenvalue weighted by molar-refractivity contribution is 5.10. The standard InChI is InChI=1S/C8H13N.C2H6.H3N/c1-9-7-8-5-3-2-4-6-8;1-2;/h2-5,8-9H,6-7H2,1H3;1-2H3;1H3. The molecule has 2 nitrogen and oxygen atoms in total. The Morgan fingerprint density at radius 2 is 2.00 bits per heavy atom. The van der Waals surface area contributed by atoms with Crippen LogP contribution >= 0.6 is 0 Å². The van der Waals surface area contributed by atoms with Crippen molar-refractivity contribution in [2.75, 3.05) is 13.6 Å². The topological polar surface area (TPSA) is 47.0 Å². The van der Waals surface area contributed by atoms with Gasteiger partial charge in [-0.2, -0.15) is 0 Å². The van der Waals surface area contributed by atoms with Crippen LogP contribution < -0.4 is 11.5 Å². The molecule has 1 unspecified atom stereocenters. The predicted molar refractivity (Wildman–Crippen MR) is 56.7 cm³/mol. The van der Waals surface area contributed by atoms with Gasteiger partial charge in [-0.15, -0.1) is 0 Å². The third-order valence-corrected chi connectivity index (χ3v) is 1.54. The first-order valence-corrected chi connectivity index (χ1v) is 4.41. The Morgan fingerprint density at radius 3 is 2.42 bits per heavy atom. The maximum Gasteiger partial charge on any atom is 0.00143 e. The third-order valence-electron chi connectivity index (χ3n) is 1.54. The highest BCUT2D eigenvalue weighted by Gasteiger charge is 2.01. The van der Waals surface area contributed by atoms with Gasteiger partial charge in [0.15, 0.2) is 0 Å². The molecule has 0 heterocycles. The van der Waals surface area contributed by atoms with E-state index in [1.54, 1.807) is 0 Å². The van der Waals surface area contributed by atoms with Gasteiger partial charge >= 0.3 is 0 Å². The first-order valence-electron chi connectivity index (χ1n) is 4.41. The van der Waals surface area contributed by atoms with Crippen LogP contribution in [-0.2, 0) is 0 Å². The summed E-state index contributed by atoms with van der Waals surface area (Å²) < 4.78 is 0. The van der Waals surface area contributed by atoms with Crippen LogP contribution in [0.5, 0.6) is 0 Å². The Balaban J connectivity index is 0. The van der Waals surface area contributed by atoms with Crippen LogP contribution in [0.15, 0.2) is 24.3 Å². The van der Waals surface area contributed by atoms with Gasteiger partial charge in [0.05, 0.1) is 0 Å². The molecule has 0 bridgehead atoms. The van der Waals surface area contributed by atoms with Gasteiger partial charge in [-0.1, -0.05) is 38.2 Å². The van der Waals surface area contributed by atoms with E-state index in [9.17, 15) is 0 Å². The Morgan fingerprint density at radius 1 is 1.33 bits per heavy atom. The molecular formula is C10H22N2. The molecule has 0 aliphatic heterocycles. The van der Waals surface area contributed by atoms with Crippen LogP contribution in [0.2, 0.25) is 0 Å². The molecule has 0 saturated heterocycles. The molecule has 0 radical (unpaired) electrons. The first kappa shape index (κ1) is 14.0. The van der Waals surface area contributed by atoms with Gasteiger partial charge in [0.25, 0.3) is 0 Å². The maximum atomic E-state index is 3.15. The largest absolute Gasteiger partial charge is 0.344 e. The molecule has 0 aromatic carbocycles. The van der Waals surface area contributed by atoms with E-state index in [1.807, 2.05) is 20.9 Å². The van der Waals surface area contributed by atoms with Crippen LogP contribution in [0.1, 0.15) is 20.3 Å². The van der Waals surface area contributed by atoms with Crippen LogP contribution in [0, 0.1) is 5.92 Å². The fraction of sp³-hybridized carbons (Fsp3) is 0.600. The lowest BCUT2D eigenvalue weighted by Crippen LogP contribution is -2.17. The second-order valence-electron chi connectivity index (χ2n) is 2.37. The molecule has 0 aromatic heterocycles. The van der Waals surface area contributed by atoms with E-state index in [-0.39, 0.29) is 6.15 Å². The van der Waals surface area contributed by atoms with Crippen molar-refractivity contribution in [3.63, 3.8) is 0 Å². The Bertz CT molecular complexity index is 128. The van der Waals surface area contributed by atoms with Gasteiger partial charge in [-0.3, -0.25) is 0 Å². The van der Waals surface area contributed by atoms with E-state index in [2.05, 4.69) is 29.6 Å². The summed E-state index contributed by atoms with van der Waals surface area (Å²) >= 11 is 0. The fourth-order valence-electron chi connectivity index (χ4n) is 1.05. The molecule has 4 N–H and O–H groups in total. The monoisotopic (exact) mass is 170 g/mol. The molecular weight excluding hydrogens is 148 g/mol. The van der Waals surface area contributed by atoms with E-state index in [0.29, 0.717) is 0 Å². The Hall–Kier alpha value is -0.600. The molecule has 1 aliphatic carbocycles. The lowest BCUT2D eigenvalue weighted by molar-refractivity contribution is 0.602. The normalized spacial score (nSPS) is 19.1. The molecule has 2 heteroatoms. The van der Waals surface area contributed by atoms with Crippen molar-refractivity contribution < 1.29 is 0 Å². The molecule has 1 aliphatic rings. The highest BCUT2D eigenvalue weighted by Crippen LogP contribution is 2.08. The summed E-state index contributed by atoms with van der Waals surface area (Å²) in [7, 11) is 1.99. The zero-order valence-electron chi connectivity index (χ0n) is 8.51. The highest BCUT2D eigenvalue weighted by atomic mass is 14.8. The van der Waals surface area contributed by atoms with Gasteiger partial charge in [-0.05, 0) is 19.4 Å². The van der Waals surface area contributed by atoms with Crippen molar-refractivity contribution in [3.8, 4) is 0 Å². The van der Waals surface area contributed by atoms with Gasteiger partial charge in [-0.25, -0.2) is 0 Å². The fourth-order valence-corrected chi connectivity index (χ4v) is 1.05. The summed E-state index contributed by atoms with van der Waals surface area (Å²) in [6.07, 6.45) is 9.87. The number of hydrogen-bond donors (Lipinski definition) is 2. The van der Waals surface area contributed by atoms with E-state index in [1.165, 1.54) is 6.42 Å². The first-order chi connectivity index (χ1) is 5.43. The Kier molecular flexibility index (Phi) is 12.1. The predicted octanol–water partition coefficient (Wildman–Crippen LogP) is 2.53. The molecule has 0 fully saturated rings. The van der Waals surface area contributed by atoms with Gasteiger partial charge < -0.3 is 11.5 Å². The number of hydrogen-bond acceptors (Lipinski definition) is 2. The smallest absolute Gasteiger partial charge is 0.00143 e. The quantitative estimate of drug-likeness (QED) is 0.669. The van der Waals surface area contributed by atoms with Crippen LogP contribution in [0.4, 0.5) is 0 Å². The molecule has 0 saturated carbocycles. The average Bonchev–Trinajstić information content (AvgIpc) is 2.11. The van der Waals surface area contributed by atoms with Crippen molar-refractivity contribution in [3.05, 3.63) is 24.3 Å². The van der Waals surface area contributed by atoms with E-state index in [0.717, 1.165) is 12.5 Å². The summed E-state index contributed by atoms with van der Waals surface area (Å²) in [5.74, 6) is 0.722. The summed E-state index contributed by atoms with van der Waals surface area (Å²) in [6.45, 7) is 5.10. The number of nitrogens with one attached hydrogen (secondary N) is 1. The van der Waals surface area contributed by atoms with E-state index < -0.39 is 0 Å². The summed E-state index contributed by atoms with van der Waals surface area (Å²) in [5, 5.41) is 3.15. The molecule has 12 heavy (non-hydrogen) atoms. The lowest BCUT2D eigenvalue weighted by Gasteiger charge is -2.10. The van der Waals surface area contributed by atoms with Gasteiger partial charge in [0.1, 0.15) is 0 Å². The van der Waals surface area contributed by atoms with Crippen molar-refractivity contribution in [2.24, 2.45) is 5.92 Å². The number of rotatable bonds is 2. The second kappa shape index (κ2) is 10.4. The van der Waals surface area contributed by atoms with E-state index in [4.69, 9.17) is 0 Å². The summed E-state index contributed by atoms with van der Waals surface area (Å²) in [4.78, 5) is 0. The minimum atomic E-state index is 0. The second-order valence-corrected chi connectivity index (χ2v) is 2.37. The summed E-state index contributed by atoms with van der Waals surface area (Å²) in [5.41, 5.74) is 0. The summed E-state index contributed by atoms with van der Waals surface area (Å²) in [6, 6.07) is 0. The molecule has 1 atom stereocenters. The van der Waals surface area contributed by atoms with Crippen molar-refractivity contribution in [1.82, 2.24) is 11.5 Å². The molecule has 0 amide bonds. The van der Waals surface area contributed by atoms with Crippen molar-refractivity contribution in [1.29, 1.82) is 0 Å². The minimum absolute atomic E-state index is 0. The molecule has 1 rings (SSSR count). The van der Waals surface area contributed by atoms with Crippen LogP contribution in [0.25, 0.3) is 0 Å². The molecule has 0 aromatic rings. The maximum absolute atomic E-state index is 3.15. The zero-order valence-corrected chi connectivity index (χ0v) is 8.51. The molecule has 72 valence electrons. The lowest BCUT2D eigenvalue weighted by atomic mass is 10.0. The zero-order chi connectivity index (χ0) is 8.53. The van der Waals surface area contributed by atoms with Crippen molar-refractivity contribution >= 4 is 0 Å². The molecule has 0 spiro atoms. The van der Waals surface area contributed by atoms with Crippen LogP contribution in [0.3, 0.4) is 0 Å². The van der Waals surface area contributed by atoms with E-state index >= 15 is 0 Å². The Labute approximate surface area is 76.3 Å². The van der Waals surface area contributed by atoms with Crippen LogP contribution in [-0.4, -0.2) is 13.6 Å². The minimum Gasteiger partial charge on any atom is -0.344 e. The van der Waals surface area contributed by atoms with Gasteiger partial charge in [0, 0.05) is 6.54 Å². The third kappa shape index (κ3) is 6.13. The SMILES string of the molecule is CC.CNCC1C=CC=CC1.N.